The Morgan fingerprint density at radius 3 is 0.819 bits per heavy atom. The number of nitrogen functional groups attached to an aromatic ring is 4. The Morgan fingerprint density at radius 2 is 0.562 bits per heavy atom. The molecule has 0 bridgehead atoms. The predicted molar refractivity (Wildman–Crippen MR) is 526 cm³/mol. The van der Waals surface area contributed by atoms with Crippen molar-refractivity contribution in [2.24, 2.45) is 0 Å². The maximum Gasteiger partial charge on any atom is 0.351 e. The van der Waals surface area contributed by atoms with Gasteiger partial charge in [0.25, 0.3) is 22.2 Å². The molecule has 72 heteroatoms. The molecule has 0 spiro atoms. The molecule has 8 aromatic heterocycles. The molecule has 8 aromatic rings. The normalized spacial score (nSPS) is 29.6. The number of H-pyrrole nitrogens is 4. The van der Waals surface area contributed by atoms with E-state index in [0.717, 1.165) is 29.9 Å². The van der Waals surface area contributed by atoms with Crippen molar-refractivity contribution in [2.45, 2.75) is 229 Å². The van der Waals surface area contributed by atoms with Crippen molar-refractivity contribution in [3.05, 3.63) is 181 Å². The summed E-state index contributed by atoms with van der Waals surface area (Å²) < 4.78 is 135. The number of fused-ring (bicyclic) bond motifs is 1. The van der Waals surface area contributed by atoms with Crippen molar-refractivity contribution >= 4 is 164 Å². The quantitative estimate of drug-likeness (QED) is 0.0226. The number of hydrogen-bond donors (Lipinski definition) is 15. The highest BCUT2D eigenvalue weighted by Gasteiger charge is 2.52. The Hall–Kier alpha value is -6.34. The van der Waals surface area contributed by atoms with Crippen LogP contribution in [0.5, 0.6) is 0 Å². The van der Waals surface area contributed by atoms with Gasteiger partial charge in [0.1, 0.15) is 97.7 Å². The molecule has 792 valence electrons. The number of ether oxygens (including phenoxy) is 7. The third-order valence-electron chi connectivity index (χ3n) is 23.8. The molecule has 7 aliphatic rings. The lowest BCUT2D eigenvalue weighted by Gasteiger charge is -2.29. The van der Waals surface area contributed by atoms with Crippen molar-refractivity contribution in [3.63, 3.8) is 0 Å². The monoisotopic (exact) mass is 2290 g/mol. The molecule has 15 rings (SSSR count). The maximum absolute atomic E-state index is 13.7. The van der Waals surface area contributed by atoms with Crippen LogP contribution in [-0.4, -0.2) is 243 Å². The summed E-state index contributed by atoms with van der Waals surface area (Å²) >= 11 is 38.8. The first-order valence-corrected chi connectivity index (χ1v) is 61.5. The standard InChI is InChI=1S/C72H99N20O38P7S7/c1-9-36-37(10-50(117-36)89-20-33(5)62(93)83-70(89)100)125-132(104,139)111-24-45-39(11-51(118-45)86-17-30(2)58(73)78-67(86)97)126-135(107,142)115-28-49-43(15-55(122-49)91-22-35(7)64(95)85-72(91)102)130-137(109,144)114-26-47-40(12-52(120-47)87-18-31(3)59(74)79-68(87)98)127-134(106,141)113-25-46-41(13-53(119-46)88-19-32(4)60(75)80-69(88)99)128-136(108,143)116-27-48-42(14-54(121-48)90-21-34(6)63(94)84-71(90)101)129-133(105,140)112-23-44-38(124-131(103,138)110-8)16-56(123-44)92-29-77-57-61(92)81-66(76)82-65(57)96/h17-22,29,36-56H,9-16,23-28H2,1-8H3,(H,103,138)(H,104,139)(H,105,140)(H,106,141)(H,107,142)(H,108,143)(H,109,144)(H2,73,78,97)(H2,74,79,98)(H2,75,80,99)(H,83,93,100)(H,84,94,101)(H,85,95,102)(H3,76,81,82,96)/t36-,37?,38?,39?,40?,41?,42?,43?,44-,45-,46-,47-,48-,49-,50-,51-,52-,53-,54-,55-,56-,131?,132?,133?,134?,135?,136?,137?/m1/s1. The Bertz CT molecular complexity index is 7240. The van der Waals surface area contributed by atoms with Gasteiger partial charge in [-0.2, -0.15) is 19.9 Å². The molecule has 0 amide bonds. The summed E-state index contributed by atoms with van der Waals surface area (Å²) in [5, 5.41) is 0. The van der Waals surface area contributed by atoms with Gasteiger partial charge in [-0.3, -0.25) is 71.1 Å². The second-order valence-corrected chi connectivity index (χ2v) is 53.6. The Kier molecular flexibility index (Phi) is 34.9. The van der Waals surface area contributed by atoms with Crippen molar-refractivity contribution in [2.75, 3.05) is 69.7 Å². The summed E-state index contributed by atoms with van der Waals surface area (Å²) in [5.41, 5.74) is 16.8. The van der Waals surface area contributed by atoms with E-state index in [0.29, 0.717) is 23.1 Å². The van der Waals surface area contributed by atoms with E-state index >= 15 is 0 Å². The van der Waals surface area contributed by atoms with E-state index in [1.54, 1.807) is 13.8 Å². The molecule has 0 aliphatic carbocycles. The molecule has 0 radical (unpaired) electrons. The molecule has 0 saturated carbocycles. The molecule has 7 fully saturated rings. The molecular weight excluding hydrogens is 2190 g/mol. The molecule has 7 saturated heterocycles. The fraction of sp³-hybridized carbons (Fsp3) is 0.597. The second kappa shape index (κ2) is 44.9. The van der Waals surface area contributed by atoms with Gasteiger partial charge in [-0.05, 0) is 131 Å². The van der Waals surface area contributed by atoms with E-state index in [1.807, 2.05) is 0 Å². The number of aryl methyl sites for hydroxylation is 6. The highest BCUT2D eigenvalue weighted by Crippen LogP contribution is 2.59. The minimum absolute atomic E-state index is 0.00178. The summed E-state index contributed by atoms with van der Waals surface area (Å²) in [4.78, 5) is 243. The molecule has 14 unspecified atom stereocenters. The van der Waals surface area contributed by atoms with Crippen LogP contribution < -0.4 is 79.3 Å². The molecule has 28 atom stereocenters. The average Bonchev–Trinajstić information content (AvgIpc) is 1.62. The summed E-state index contributed by atoms with van der Waals surface area (Å²) in [7, 11) is 1.11. The maximum atomic E-state index is 13.7. The van der Waals surface area contributed by atoms with E-state index in [4.69, 9.17) is 202 Å². The third-order valence-corrected chi connectivity index (χ3v) is 35.0. The van der Waals surface area contributed by atoms with E-state index in [1.165, 1.54) is 87.3 Å². The summed E-state index contributed by atoms with van der Waals surface area (Å²) in [6, 6.07) is 0. The van der Waals surface area contributed by atoms with E-state index in [-0.39, 0.29) is 83.4 Å². The fourth-order valence-corrected chi connectivity index (χ4v) is 26.3. The van der Waals surface area contributed by atoms with Gasteiger partial charge in [-0.15, -0.1) is 0 Å². The molecular formula is C72H99N20O38P7S7. The number of hydrogen-bond acceptors (Lipinski definition) is 47. The molecule has 15 heterocycles. The van der Waals surface area contributed by atoms with Crippen molar-refractivity contribution in [3.8, 4) is 0 Å². The van der Waals surface area contributed by atoms with Gasteiger partial charge >= 0.3 is 81.2 Å². The fourth-order valence-electron chi connectivity index (χ4n) is 16.5. The van der Waals surface area contributed by atoms with Crippen LogP contribution in [0.3, 0.4) is 0 Å². The number of rotatable bonds is 41. The van der Waals surface area contributed by atoms with Crippen LogP contribution in [0.15, 0.2) is 91.5 Å². The lowest BCUT2D eigenvalue weighted by Crippen LogP contribution is -2.33. The summed E-state index contributed by atoms with van der Waals surface area (Å²) in [6.45, 7) is -25.8. The zero-order valence-corrected chi connectivity index (χ0v) is 88.5. The van der Waals surface area contributed by atoms with Gasteiger partial charge in [-0.25, -0.2) is 33.8 Å². The van der Waals surface area contributed by atoms with Gasteiger partial charge in [0, 0.05) is 123 Å². The number of aromatic amines is 4. The SMILES string of the molecule is CC[C@H]1O[C@@H](n2cc(C)c(=O)[nH]c2=O)CC1OP(O)(=S)OC[C@H]1O[C@@H](n2cc(C)c(N)nc2=O)CC1OP(O)(=S)OC[C@H]1O[C@@H](n2cc(C)c(=O)[nH]c2=O)CC1OP(O)(=S)OC[C@H]1O[C@@H](n2cc(C)c(N)nc2=O)CC1OP(O)(=S)OC[C@H]1O[C@@H](n2cc(C)c(N)nc2=O)CC1OP(O)(=S)OC[C@H]1O[C@@H](n2cc(C)c(=O)[nH]c2=O)CC1OP(O)(=S)OC[C@H]1O[C@@H](n2cnc3c(=O)[nH]c(N)nc32)CC1OP(O)(=S)OC. The first-order chi connectivity index (χ1) is 67.5. The number of imidazole rings is 1. The van der Waals surface area contributed by atoms with Crippen LogP contribution in [0.2, 0.25) is 0 Å². The van der Waals surface area contributed by atoms with Gasteiger partial charge in [0.05, 0.1) is 94.8 Å². The van der Waals surface area contributed by atoms with Gasteiger partial charge in [-0.1, -0.05) is 6.92 Å². The predicted octanol–water partition coefficient (Wildman–Crippen LogP) is 0.103. The van der Waals surface area contributed by atoms with Crippen LogP contribution in [-0.2, 0) is 179 Å². The van der Waals surface area contributed by atoms with Gasteiger partial charge in [0.2, 0.25) is 5.95 Å². The van der Waals surface area contributed by atoms with E-state index in [9.17, 15) is 82.2 Å². The average molecular weight is 2290 g/mol. The number of nitrogens with zero attached hydrogens (tertiary/aromatic N) is 12. The topological polar surface area (TPSA) is 772 Å². The van der Waals surface area contributed by atoms with Gasteiger partial charge in [0.15, 0.2) is 11.2 Å². The zero-order valence-electron chi connectivity index (χ0n) is 76.5. The van der Waals surface area contributed by atoms with E-state index < -0.39 is 285 Å². The minimum Gasteiger partial charge on any atom is -0.383 e. The second-order valence-electron chi connectivity index (χ2n) is 33.9. The Labute approximate surface area is 846 Å². The number of anilines is 4. The van der Waals surface area contributed by atoms with Crippen molar-refractivity contribution in [1.29, 1.82) is 0 Å². The molecule has 19 N–H and O–H groups in total. The van der Waals surface area contributed by atoms with Gasteiger partial charge < -0.3 is 154 Å². The smallest absolute Gasteiger partial charge is 0.351 e. The molecule has 0 aromatic carbocycles. The summed E-state index contributed by atoms with van der Waals surface area (Å²) in [6.07, 6.45) is -20.5. The number of aromatic nitrogens is 16. The van der Waals surface area contributed by atoms with Crippen LogP contribution >= 0.6 is 47.0 Å². The third kappa shape index (κ3) is 26.9. The van der Waals surface area contributed by atoms with Crippen LogP contribution in [0.4, 0.5) is 23.4 Å². The first-order valence-electron chi connectivity index (χ1n) is 43.3. The van der Waals surface area contributed by atoms with Crippen LogP contribution in [0.25, 0.3) is 11.2 Å². The number of nitrogens with two attached hydrogens (primary N) is 4. The van der Waals surface area contributed by atoms with Crippen LogP contribution in [0, 0.1) is 41.5 Å². The highest BCUT2D eigenvalue weighted by molar-refractivity contribution is 8.09. The molecule has 58 nitrogen and oxygen atoms in total. The van der Waals surface area contributed by atoms with Crippen molar-refractivity contribution < 1.29 is 131 Å². The minimum atomic E-state index is -4.78. The largest absolute Gasteiger partial charge is 0.383 e. The summed E-state index contributed by atoms with van der Waals surface area (Å²) in [5.74, 6) is -0.630. The molecule has 7 aliphatic heterocycles. The van der Waals surface area contributed by atoms with E-state index in [2.05, 4.69) is 44.9 Å². The molecule has 144 heavy (non-hydrogen) atoms. The Morgan fingerprint density at radius 1 is 0.333 bits per heavy atom. The lowest BCUT2D eigenvalue weighted by atomic mass is 10.1. The number of nitrogens with one attached hydrogen (secondary N) is 4. The highest BCUT2D eigenvalue weighted by atomic mass is 32.5. The van der Waals surface area contributed by atoms with Crippen LogP contribution in [0.1, 0.15) is 135 Å². The lowest BCUT2D eigenvalue weighted by molar-refractivity contribution is -0.0582. The van der Waals surface area contributed by atoms with Crippen molar-refractivity contribution in [1.82, 2.24) is 76.8 Å². The first kappa shape index (κ1) is 112. The Balaban J connectivity index is 0.631. The zero-order chi connectivity index (χ0) is 104.